The number of hydrogen-bond donors (Lipinski definition) is 1. The molecule has 1 N–H and O–H groups in total. The van der Waals surface area contributed by atoms with Gasteiger partial charge in [0.05, 0.1) is 7.11 Å². The van der Waals surface area contributed by atoms with Crippen LogP contribution in [0, 0.1) is 13.8 Å². The van der Waals surface area contributed by atoms with Crippen LogP contribution in [0.4, 0.5) is 5.69 Å². The Kier molecular flexibility index (Phi) is 3.85. The van der Waals surface area contributed by atoms with E-state index < -0.39 is 0 Å². The van der Waals surface area contributed by atoms with Gasteiger partial charge < -0.3 is 10.1 Å². The zero-order valence-electron chi connectivity index (χ0n) is 11.4. The van der Waals surface area contributed by atoms with Gasteiger partial charge in [0.15, 0.2) is 0 Å². The monoisotopic (exact) mass is 255 g/mol. The Morgan fingerprint density at radius 2 is 1.89 bits per heavy atom. The standard InChI is InChI=1S/C16H17NO2/c1-11-5-4-6-14(9-11)17-16(18)13-7-8-15(19-3)12(2)10-13/h4-10H,1-3H3,(H,17,18). The normalized spacial score (nSPS) is 10.1. The molecule has 3 nitrogen and oxygen atoms in total. The zero-order valence-corrected chi connectivity index (χ0v) is 11.4. The number of aryl methyl sites for hydroxylation is 2. The van der Waals surface area contributed by atoms with Crippen molar-refractivity contribution in [3.05, 3.63) is 59.2 Å². The summed E-state index contributed by atoms with van der Waals surface area (Å²) in [5, 5.41) is 2.88. The molecule has 0 unspecified atom stereocenters. The van der Waals surface area contributed by atoms with Crippen molar-refractivity contribution in [3.63, 3.8) is 0 Å². The fourth-order valence-electron chi connectivity index (χ4n) is 1.95. The fourth-order valence-corrected chi connectivity index (χ4v) is 1.95. The van der Waals surface area contributed by atoms with Crippen molar-refractivity contribution >= 4 is 11.6 Å². The number of ether oxygens (including phenoxy) is 1. The van der Waals surface area contributed by atoms with E-state index in [-0.39, 0.29) is 5.91 Å². The lowest BCUT2D eigenvalue weighted by Crippen LogP contribution is -2.12. The number of carbonyl (C=O) groups is 1. The van der Waals surface area contributed by atoms with Gasteiger partial charge in [-0.2, -0.15) is 0 Å². The minimum Gasteiger partial charge on any atom is -0.496 e. The molecular weight excluding hydrogens is 238 g/mol. The molecule has 2 aromatic rings. The molecule has 2 rings (SSSR count). The van der Waals surface area contributed by atoms with Crippen molar-refractivity contribution in [2.45, 2.75) is 13.8 Å². The Hall–Kier alpha value is -2.29. The van der Waals surface area contributed by atoms with Crippen molar-refractivity contribution in [2.24, 2.45) is 0 Å². The Morgan fingerprint density at radius 3 is 2.53 bits per heavy atom. The van der Waals surface area contributed by atoms with Gasteiger partial charge in [0.2, 0.25) is 0 Å². The highest BCUT2D eigenvalue weighted by molar-refractivity contribution is 6.04. The van der Waals surface area contributed by atoms with Gasteiger partial charge in [0.25, 0.3) is 5.91 Å². The molecule has 0 saturated carbocycles. The van der Waals surface area contributed by atoms with E-state index in [1.165, 1.54) is 0 Å². The topological polar surface area (TPSA) is 38.3 Å². The number of amides is 1. The van der Waals surface area contributed by atoms with Crippen molar-refractivity contribution in [3.8, 4) is 5.75 Å². The van der Waals surface area contributed by atoms with E-state index in [2.05, 4.69) is 5.32 Å². The molecule has 0 aliphatic carbocycles. The summed E-state index contributed by atoms with van der Waals surface area (Å²) in [6, 6.07) is 13.1. The van der Waals surface area contributed by atoms with Gasteiger partial charge in [-0.3, -0.25) is 4.79 Å². The lowest BCUT2D eigenvalue weighted by atomic mass is 10.1. The summed E-state index contributed by atoms with van der Waals surface area (Å²) in [6.45, 7) is 3.91. The largest absolute Gasteiger partial charge is 0.496 e. The average Bonchev–Trinajstić information content (AvgIpc) is 2.38. The van der Waals surface area contributed by atoms with E-state index in [4.69, 9.17) is 4.74 Å². The lowest BCUT2D eigenvalue weighted by molar-refractivity contribution is 0.102. The van der Waals surface area contributed by atoms with Crippen LogP contribution in [0.25, 0.3) is 0 Å². The van der Waals surface area contributed by atoms with Gasteiger partial charge >= 0.3 is 0 Å². The van der Waals surface area contributed by atoms with Gasteiger partial charge in [0.1, 0.15) is 5.75 Å². The maximum absolute atomic E-state index is 12.1. The molecule has 0 heterocycles. The van der Waals surface area contributed by atoms with Crippen LogP contribution >= 0.6 is 0 Å². The minimum absolute atomic E-state index is 0.114. The molecule has 0 spiro atoms. The smallest absolute Gasteiger partial charge is 0.255 e. The number of benzene rings is 2. The number of methoxy groups -OCH3 is 1. The third kappa shape index (κ3) is 3.13. The molecule has 0 aliphatic heterocycles. The second-order valence-corrected chi connectivity index (χ2v) is 4.51. The molecule has 1 amide bonds. The second-order valence-electron chi connectivity index (χ2n) is 4.51. The van der Waals surface area contributed by atoms with Gasteiger partial charge in [-0.05, 0) is 55.3 Å². The van der Waals surface area contributed by atoms with Crippen molar-refractivity contribution in [2.75, 3.05) is 12.4 Å². The summed E-state index contributed by atoms with van der Waals surface area (Å²) in [5.74, 6) is 0.670. The summed E-state index contributed by atoms with van der Waals surface area (Å²) in [5.41, 5.74) is 3.49. The number of carbonyl (C=O) groups excluding carboxylic acids is 1. The molecular formula is C16H17NO2. The second kappa shape index (κ2) is 5.57. The molecule has 0 bridgehead atoms. The first-order chi connectivity index (χ1) is 9.10. The molecule has 0 fully saturated rings. The van der Waals surface area contributed by atoms with Crippen molar-refractivity contribution in [1.82, 2.24) is 0 Å². The van der Waals surface area contributed by atoms with Gasteiger partial charge in [-0.25, -0.2) is 0 Å². The minimum atomic E-state index is -0.114. The predicted molar refractivity (Wildman–Crippen MR) is 76.9 cm³/mol. The highest BCUT2D eigenvalue weighted by Crippen LogP contribution is 2.19. The molecule has 0 saturated heterocycles. The Balaban J connectivity index is 2.18. The van der Waals surface area contributed by atoms with Gasteiger partial charge in [-0.1, -0.05) is 12.1 Å². The summed E-state index contributed by atoms with van der Waals surface area (Å²) in [4.78, 5) is 12.1. The van der Waals surface area contributed by atoms with Crippen LogP contribution in [-0.4, -0.2) is 13.0 Å². The van der Waals surface area contributed by atoms with E-state index in [0.717, 1.165) is 22.6 Å². The van der Waals surface area contributed by atoms with Crippen LogP contribution in [0.1, 0.15) is 21.5 Å². The van der Waals surface area contributed by atoms with Crippen LogP contribution in [0.2, 0.25) is 0 Å². The lowest BCUT2D eigenvalue weighted by Gasteiger charge is -2.09. The maximum Gasteiger partial charge on any atom is 0.255 e. The highest BCUT2D eigenvalue weighted by Gasteiger charge is 2.08. The molecule has 98 valence electrons. The Labute approximate surface area is 113 Å². The van der Waals surface area contributed by atoms with Crippen LogP contribution in [-0.2, 0) is 0 Å². The first kappa shape index (κ1) is 13.1. The summed E-state index contributed by atoms with van der Waals surface area (Å²) in [6.07, 6.45) is 0. The number of rotatable bonds is 3. The van der Waals surface area contributed by atoms with E-state index in [9.17, 15) is 4.79 Å². The fraction of sp³-hybridized carbons (Fsp3) is 0.188. The van der Waals surface area contributed by atoms with E-state index >= 15 is 0 Å². The highest BCUT2D eigenvalue weighted by atomic mass is 16.5. The Bertz CT molecular complexity index is 605. The summed E-state index contributed by atoms with van der Waals surface area (Å²) in [7, 11) is 1.62. The van der Waals surface area contributed by atoms with Gasteiger partial charge in [-0.15, -0.1) is 0 Å². The molecule has 0 aliphatic rings. The van der Waals surface area contributed by atoms with Crippen LogP contribution < -0.4 is 10.1 Å². The zero-order chi connectivity index (χ0) is 13.8. The third-order valence-corrected chi connectivity index (χ3v) is 2.93. The number of hydrogen-bond acceptors (Lipinski definition) is 2. The Morgan fingerprint density at radius 1 is 1.11 bits per heavy atom. The molecule has 3 heteroatoms. The van der Waals surface area contributed by atoms with Gasteiger partial charge in [0, 0.05) is 11.3 Å². The van der Waals surface area contributed by atoms with Crippen molar-refractivity contribution in [1.29, 1.82) is 0 Å². The molecule has 19 heavy (non-hydrogen) atoms. The first-order valence-electron chi connectivity index (χ1n) is 6.13. The van der Waals surface area contributed by atoms with Crippen LogP contribution in [0.15, 0.2) is 42.5 Å². The molecule has 0 radical (unpaired) electrons. The van der Waals surface area contributed by atoms with Crippen molar-refractivity contribution < 1.29 is 9.53 Å². The van der Waals surface area contributed by atoms with Crippen LogP contribution in [0.3, 0.4) is 0 Å². The predicted octanol–water partition coefficient (Wildman–Crippen LogP) is 3.56. The quantitative estimate of drug-likeness (QED) is 0.910. The first-order valence-corrected chi connectivity index (χ1v) is 6.13. The molecule has 0 atom stereocenters. The van der Waals surface area contributed by atoms with Crippen LogP contribution in [0.5, 0.6) is 5.75 Å². The SMILES string of the molecule is COc1ccc(C(=O)Nc2cccc(C)c2)cc1C. The molecule has 0 aromatic heterocycles. The maximum atomic E-state index is 12.1. The number of anilines is 1. The number of nitrogens with one attached hydrogen (secondary N) is 1. The van der Waals surface area contributed by atoms with E-state index in [1.807, 2.05) is 44.2 Å². The summed E-state index contributed by atoms with van der Waals surface area (Å²) >= 11 is 0. The molecule has 2 aromatic carbocycles. The third-order valence-electron chi connectivity index (χ3n) is 2.93. The van der Waals surface area contributed by atoms with E-state index in [1.54, 1.807) is 19.2 Å². The summed E-state index contributed by atoms with van der Waals surface area (Å²) < 4.78 is 5.18. The van der Waals surface area contributed by atoms with E-state index in [0.29, 0.717) is 5.56 Å². The average molecular weight is 255 g/mol.